The first kappa shape index (κ1) is 28.4. The number of esters is 1. The molecule has 0 aliphatic heterocycles. The van der Waals surface area contributed by atoms with E-state index in [1.54, 1.807) is 0 Å². The molecule has 0 aromatic carbocycles. The van der Waals surface area contributed by atoms with Crippen LogP contribution in [-0.4, -0.2) is 25.8 Å². The number of rotatable bonds is 24. The zero-order chi connectivity index (χ0) is 21.3. The van der Waals surface area contributed by atoms with Gasteiger partial charge in [-0.15, -0.1) is 0 Å². The standard InChI is InChI=1S/C26H52O3/c1-3-5-7-9-10-11-12-13-14-15-16-17-19-21-23-28-24-25-29-26(27)22-20-18-8-6-4-2/h3-25H2,1-2H3. The third-order valence-electron chi connectivity index (χ3n) is 5.62. The minimum atomic E-state index is -0.0680. The van der Waals surface area contributed by atoms with E-state index in [9.17, 15) is 4.79 Å². The van der Waals surface area contributed by atoms with Crippen molar-refractivity contribution in [1.29, 1.82) is 0 Å². The van der Waals surface area contributed by atoms with E-state index < -0.39 is 0 Å². The Kier molecular flexibility index (Phi) is 25.0. The molecule has 29 heavy (non-hydrogen) atoms. The quantitative estimate of drug-likeness (QED) is 0.118. The van der Waals surface area contributed by atoms with Gasteiger partial charge in [0.25, 0.3) is 0 Å². The van der Waals surface area contributed by atoms with E-state index in [1.807, 2.05) is 0 Å². The van der Waals surface area contributed by atoms with Gasteiger partial charge >= 0.3 is 5.97 Å². The monoisotopic (exact) mass is 412 g/mol. The van der Waals surface area contributed by atoms with Crippen LogP contribution >= 0.6 is 0 Å². The van der Waals surface area contributed by atoms with E-state index in [1.165, 1.54) is 103 Å². The van der Waals surface area contributed by atoms with Gasteiger partial charge in [0, 0.05) is 13.0 Å². The Morgan fingerprint density at radius 2 is 0.897 bits per heavy atom. The van der Waals surface area contributed by atoms with Crippen molar-refractivity contribution in [3.63, 3.8) is 0 Å². The average Bonchev–Trinajstić information content (AvgIpc) is 2.72. The first-order valence-corrected chi connectivity index (χ1v) is 13.0. The first-order valence-electron chi connectivity index (χ1n) is 13.0. The highest BCUT2D eigenvalue weighted by molar-refractivity contribution is 5.69. The minimum absolute atomic E-state index is 0.0680. The van der Waals surface area contributed by atoms with Crippen LogP contribution in [0.1, 0.15) is 142 Å². The van der Waals surface area contributed by atoms with Crippen LogP contribution in [0.4, 0.5) is 0 Å². The van der Waals surface area contributed by atoms with E-state index in [0.29, 0.717) is 19.6 Å². The van der Waals surface area contributed by atoms with Gasteiger partial charge in [-0.05, 0) is 12.8 Å². The maximum Gasteiger partial charge on any atom is 0.305 e. The van der Waals surface area contributed by atoms with Crippen molar-refractivity contribution in [2.24, 2.45) is 0 Å². The van der Waals surface area contributed by atoms with E-state index >= 15 is 0 Å². The maximum atomic E-state index is 11.6. The van der Waals surface area contributed by atoms with Gasteiger partial charge in [0.15, 0.2) is 0 Å². The molecule has 3 heteroatoms. The topological polar surface area (TPSA) is 35.5 Å². The van der Waals surface area contributed by atoms with Crippen molar-refractivity contribution in [1.82, 2.24) is 0 Å². The van der Waals surface area contributed by atoms with E-state index in [4.69, 9.17) is 9.47 Å². The average molecular weight is 413 g/mol. The largest absolute Gasteiger partial charge is 0.463 e. The predicted octanol–water partition coefficient (Wildman–Crippen LogP) is 8.39. The highest BCUT2D eigenvalue weighted by Crippen LogP contribution is 2.13. The lowest BCUT2D eigenvalue weighted by atomic mass is 10.0. The smallest absolute Gasteiger partial charge is 0.305 e. The fourth-order valence-corrected chi connectivity index (χ4v) is 3.66. The van der Waals surface area contributed by atoms with Crippen LogP contribution in [0.3, 0.4) is 0 Å². The highest BCUT2D eigenvalue weighted by atomic mass is 16.6. The molecule has 0 atom stereocenters. The Hall–Kier alpha value is -0.570. The number of ether oxygens (including phenoxy) is 2. The van der Waals surface area contributed by atoms with Crippen LogP contribution < -0.4 is 0 Å². The van der Waals surface area contributed by atoms with Gasteiger partial charge in [0.2, 0.25) is 0 Å². The lowest BCUT2D eigenvalue weighted by molar-refractivity contribution is -0.145. The fourth-order valence-electron chi connectivity index (χ4n) is 3.66. The summed E-state index contributed by atoms with van der Waals surface area (Å²) in [5.74, 6) is -0.0680. The molecule has 0 N–H and O–H groups in total. The Morgan fingerprint density at radius 1 is 0.483 bits per heavy atom. The SMILES string of the molecule is CCCCCCCCCCCCCCCCOCCOC(=O)CCCCCCC. The number of unbranched alkanes of at least 4 members (excludes halogenated alkanes) is 17. The Balaban J connectivity index is 3.08. The molecule has 0 aromatic rings. The molecule has 0 bridgehead atoms. The summed E-state index contributed by atoms with van der Waals surface area (Å²) in [5, 5.41) is 0. The molecule has 0 amide bonds. The summed E-state index contributed by atoms with van der Waals surface area (Å²) < 4.78 is 10.8. The predicted molar refractivity (Wildman–Crippen MR) is 125 cm³/mol. The lowest BCUT2D eigenvalue weighted by Crippen LogP contribution is -2.10. The molecule has 174 valence electrons. The summed E-state index contributed by atoms with van der Waals surface area (Å²) in [7, 11) is 0. The van der Waals surface area contributed by atoms with Gasteiger partial charge in [0.05, 0.1) is 6.61 Å². The van der Waals surface area contributed by atoms with E-state index in [0.717, 1.165) is 25.9 Å². The van der Waals surface area contributed by atoms with Crippen molar-refractivity contribution >= 4 is 5.97 Å². The lowest BCUT2D eigenvalue weighted by Gasteiger charge is -2.06. The molecule has 0 unspecified atom stereocenters. The second-order valence-electron chi connectivity index (χ2n) is 8.59. The molecule has 0 saturated heterocycles. The van der Waals surface area contributed by atoms with Crippen LogP contribution in [0, 0.1) is 0 Å². The van der Waals surface area contributed by atoms with Crippen LogP contribution in [0.5, 0.6) is 0 Å². The molecule has 0 fully saturated rings. The summed E-state index contributed by atoms with van der Waals surface area (Å²) in [6.07, 6.45) is 25.7. The normalized spacial score (nSPS) is 11.1. The maximum absolute atomic E-state index is 11.6. The highest BCUT2D eigenvalue weighted by Gasteiger charge is 2.02. The van der Waals surface area contributed by atoms with Crippen molar-refractivity contribution in [2.75, 3.05) is 19.8 Å². The molecule has 0 radical (unpaired) electrons. The fraction of sp³-hybridized carbons (Fsp3) is 0.962. The Morgan fingerprint density at radius 3 is 1.38 bits per heavy atom. The number of hydrogen-bond acceptors (Lipinski definition) is 3. The molecular formula is C26H52O3. The van der Waals surface area contributed by atoms with Gasteiger partial charge in [-0.25, -0.2) is 0 Å². The van der Waals surface area contributed by atoms with Gasteiger partial charge in [0.1, 0.15) is 6.61 Å². The first-order chi connectivity index (χ1) is 14.3. The number of hydrogen-bond donors (Lipinski definition) is 0. The molecule has 0 spiro atoms. The molecule has 0 aliphatic rings. The summed E-state index contributed by atoms with van der Waals surface area (Å²) in [6, 6.07) is 0. The Labute approximate surface area is 182 Å². The van der Waals surface area contributed by atoms with E-state index in [-0.39, 0.29) is 5.97 Å². The van der Waals surface area contributed by atoms with Crippen LogP contribution in [0.25, 0.3) is 0 Å². The molecule has 0 saturated carbocycles. The number of carbonyl (C=O) groups excluding carboxylic acids is 1. The van der Waals surface area contributed by atoms with Crippen molar-refractivity contribution < 1.29 is 14.3 Å². The van der Waals surface area contributed by atoms with Crippen LogP contribution in [0.15, 0.2) is 0 Å². The van der Waals surface area contributed by atoms with Crippen molar-refractivity contribution in [2.45, 2.75) is 142 Å². The van der Waals surface area contributed by atoms with Gasteiger partial charge in [-0.1, -0.05) is 123 Å². The van der Waals surface area contributed by atoms with Crippen molar-refractivity contribution in [3.05, 3.63) is 0 Å². The number of carbonyl (C=O) groups is 1. The third kappa shape index (κ3) is 25.4. The zero-order valence-electron chi connectivity index (χ0n) is 20.0. The third-order valence-corrected chi connectivity index (χ3v) is 5.62. The molecule has 3 nitrogen and oxygen atoms in total. The summed E-state index contributed by atoms with van der Waals surface area (Å²) in [4.78, 5) is 11.6. The summed E-state index contributed by atoms with van der Waals surface area (Å²) in [5.41, 5.74) is 0. The minimum Gasteiger partial charge on any atom is -0.463 e. The molecular weight excluding hydrogens is 360 g/mol. The molecule has 0 aliphatic carbocycles. The molecule has 0 rings (SSSR count). The second-order valence-corrected chi connectivity index (χ2v) is 8.59. The van der Waals surface area contributed by atoms with Crippen molar-refractivity contribution in [3.8, 4) is 0 Å². The molecule has 0 aromatic heterocycles. The van der Waals surface area contributed by atoms with Crippen LogP contribution in [-0.2, 0) is 14.3 Å². The van der Waals surface area contributed by atoms with Gasteiger partial charge in [-0.3, -0.25) is 4.79 Å². The van der Waals surface area contributed by atoms with E-state index in [2.05, 4.69) is 13.8 Å². The summed E-state index contributed by atoms with van der Waals surface area (Å²) in [6.45, 7) is 6.23. The zero-order valence-corrected chi connectivity index (χ0v) is 20.0. The molecule has 0 heterocycles. The second kappa shape index (κ2) is 25.5. The summed E-state index contributed by atoms with van der Waals surface area (Å²) >= 11 is 0. The van der Waals surface area contributed by atoms with Crippen LogP contribution in [0.2, 0.25) is 0 Å². The van der Waals surface area contributed by atoms with Gasteiger partial charge in [-0.2, -0.15) is 0 Å². The Bertz CT molecular complexity index is 317. The van der Waals surface area contributed by atoms with Gasteiger partial charge < -0.3 is 9.47 Å².